The van der Waals surface area contributed by atoms with Crippen LogP contribution >= 0.6 is 15.9 Å². The number of aromatic nitrogens is 3. The molecule has 1 saturated carbocycles. The highest BCUT2D eigenvalue weighted by atomic mass is 79.9. The summed E-state index contributed by atoms with van der Waals surface area (Å²) in [4.78, 5) is 7.26. The smallest absolute Gasteiger partial charge is 0.171 e. The van der Waals surface area contributed by atoms with Gasteiger partial charge in [0.2, 0.25) is 0 Å². The van der Waals surface area contributed by atoms with E-state index >= 15 is 0 Å². The highest BCUT2D eigenvalue weighted by Gasteiger charge is 2.26. The van der Waals surface area contributed by atoms with Gasteiger partial charge in [0, 0.05) is 37.8 Å². The molecule has 2 unspecified atom stereocenters. The molecule has 2 aromatic rings. The summed E-state index contributed by atoms with van der Waals surface area (Å²) in [5.41, 5.74) is 3.49. The van der Waals surface area contributed by atoms with Crippen LogP contribution in [0.3, 0.4) is 0 Å². The third kappa shape index (κ3) is 3.39. The molecule has 0 radical (unpaired) electrons. The second kappa shape index (κ2) is 7.43. The van der Waals surface area contributed by atoms with Gasteiger partial charge in [0.1, 0.15) is 5.82 Å². The zero-order valence-corrected chi connectivity index (χ0v) is 17.0. The van der Waals surface area contributed by atoms with Crippen LogP contribution in [0.4, 0.5) is 5.82 Å². The van der Waals surface area contributed by atoms with E-state index in [1.54, 1.807) is 0 Å². The minimum Gasteiger partial charge on any atom is -0.387 e. The van der Waals surface area contributed by atoms with Crippen LogP contribution in [0.2, 0.25) is 0 Å². The fraction of sp³-hybridized carbons (Fsp3) is 0.500. The summed E-state index contributed by atoms with van der Waals surface area (Å²) < 4.78 is 2.91. The third-order valence-electron chi connectivity index (χ3n) is 5.63. The molecule has 6 heteroatoms. The zero-order valence-electron chi connectivity index (χ0n) is 15.5. The molecule has 1 aliphatic heterocycles. The fourth-order valence-corrected chi connectivity index (χ4v) is 4.50. The number of anilines is 1. The molecule has 0 saturated heterocycles. The van der Waals surface area contributed by atoms with Crippen molar-refractivity contribution in [1.82, 2.24) is 19.9 Å². The van der Waals surface area contributed by atoms with Crippen molar-refractivity contribution in [3.05, 3.63) is 46.4 Å². The number of hydrogen-bond acceptors (Lipinski definition) is 4. The molecule has 2 aliphatic rings. The Kier molecular flexibility index (Phi) is 5.02. The van der Waals surface area contributed by atoms with E-state index in [1.165, 1.54) is 37.0 Å². The van der Waals surface area contributed by atoms with Gasteiger partial charge in [0.15, 0.2) is 5.65 Å². The predicted molar refractivity (Wildman–Crippen MR) is 110 cm³/mol. The van der Waals surface area contributed by atoms with Gasteiger partial charge >= 0.3 is 0 Å². The van der Waals surface area contributed by atoms with E-state index in [2.05, 4.69) is 63.4 Å². The number of dihydropyridines is 1. The average molecular weight is 416 g/mol. The molecule has 0 aromatic carbocycles. The number of nitrogens with one attached hydrogen (secondary N) is 1. The van der Waals surface area contributed by atoms with Gasteiger partial charge in [-0.05, 0) is 46.1 Å². The lowest BCUT2D eigenvalue weighted by Gasteiger charge is -2.30. The number of hydrogen-bond donors (Lipinski definition) is 1. The highest BCUT2D eigenvalue weighted by molar-refractivity contribution is 9.10. The van der Waals surface area contributed by atoms with Crippen molar-refractivity contribution in [1.29, 1.82) is 0 Å². The van der Waals surface area contributed by atoms with Crippen molar-refractivity contribution in [2.24, 2.45) is 5.92 Å². The van der Waals surface area contributed by atoms with Crippen LogP contribution in [0, 0.1) is 5.92 Å². The summed E-state index contributed by atoms with van der Waals surface area (Å²) in [6, 6.07) is 2.26. The maximum absolute atomic E-state index is 4.99. The number of halogens is 1. The average Bonchev–Trinajstić information content (AvgIpc) is 3.03. The Morgan fingerprint density at radius 3 is 2.96 bits per heavy atom. The Bertz CT molecular complexity index is 853. The molecule has 3 heterocycles. The number of fused-ring (bicyclic) bond motifs is 1. The van der Waals surface area contributed by atoms with E-state index in [9.17, 15) is 0 Å². The molecule has 0 spiro atoms. The summed E-state index contributed by atoms with van der Waals surface area (Å²) in [6.45, 7) is 4.13. The van der Waals surface area contributed by atoms with Gasteiger partial charge < -0.3 is 10.2 Å². The maximum Gasteiger partial charge on any atom is 0.171 e. The van der Waals surface area contributed by atoms with Crippen molar-refractivity contribution in [2.45, 2.75) is 38.5 Å². The Hall–Kier alpha value is -1.82. The summed E-state index contributed by atoms with van der Waals surface area (Å²) in [5, 5.41) is 7.84. The summed E-state index contributed by atoms with van der Waals surface area (Å²) in [6.07, 6.45) is 13.3. The van der Waals surface area contributed by atoms with Crippen LogP contribution in [0.1, 0.15) is 44.2 Å². The van der Waals surface area contributed by atoms with Crippen molar-refractivity contribution in [2.75, 3.05) is 25.0 Å². The standard InChI is InChI=1S/C20H26BrN5/c1-14-6-3-4-8-16(14)18-10-19(26-20(24-18)17(21)12-23-26)25(2)13-15-7-5-9-22-11-15/h5,7,9-10,12,14,16,22H,3-4,6,8,11,13H2,1-2H3. The zero-order chi connectivity index (χ0) is 18.1. The molecule has 2 atom stereocenters. The second-order valence-electron chi connectivity index (χ2n) is 7.56. The van der Waals surface area contributed by atoms with E-state index in [0.717, 1.165) is 29.0 Å². The Morgan fingerprint density at radius 2 is 2.19 bits per heavy atom. The SMILES string of the molecule is CC1CCCCC1c1cc(N(C)CC2=CC=CNC2)n2ncc(Br)c2n1. The van der Waals surface area contributed by atoms with Gasteiger partial charge in [-0.1, -0.05) is 32.3 Å². The maximum atomic E-state index is 4.99. The third-order valence-corrected chi connectivity index (χ3v) is 6.19. The van der Waals surface area contributed by atoms with Gasteiger partial charge in [-0.25, -0.2) is 4.98 Å². The lowest BCUT2D eigenvalue weighted by Crippen LogP contribution is -2.28. The monoisotopic (exact) mass is 415 g/mol. The van der Waals surface area contributed by atoms with Gasteiger partial charge in [-0.15, -0.1) is 0 Å². The van der Waals surface area contributed by atoms with E-state index in [0.29, 0.717) is 11.8 Å². The molecule has 1 N–H and O–H groups in total. The molecule has 4 rings (SSSR count). The first kappa shape index (κ1) is 17.6. The van der Waals surface area contributed by atoms with E-state index in [-0.39, 0.29) is 0 Å². The minimum absolute atomic E-state index is 0.543. The summed E-state index contributed by atoms with van der Waals surface area (Å²) in [5.74, 6) is 2.33. The second-order valence-corrected chi connectivity index (χ2v) is 8.41. The normalized spacial score (nSPS) is 23.0. The molecular formula is C20H26BrN5. The van der Waals surface area contributed by atoms with Crippen molar-refractivity contribution >= 4 is 27.4 Å². The Labute approximate surface area is 163 Å². The molecule has 1 fully saturated rings. The predicted octanol–water partition coefficient (Wildman–Crippen LogP) is 4.27. The molecule has 26 heavy (non-hydrogen) atoms. The van der Waals surface area contributed by atoms with Crippen molar-refractivity contribution < 1.29 is 0 Å². The minimum atomic E-state index is 0.543. The van der Waals surface area contributed by atoms with Gasteiger partial charge in [-0.2, -0.15) is 9.61 Å². The summed E-state index contributed by atoms with van der Waals surface area (Å²) in [7, 11) is 2.14. The number of allylic oxidation sites excluding steroid dienone is 2. The number of rotatable bonds is 4. The van der Waals surface area contributed by atoms with Crippen LogP contribution in [0.15, 0.2) is 40.7 Å². The van der Waals surface area contributed by atoms with Crippen molar-refractivity contribution in [3.8, 4) is 0 Å². The molecule has 0 bridgehead atoms. The first-order chi connectivity index (χ1) is 12.6. The Balaban J connectivity index is 1.72. The van der Waals surface area contributed by atoms with Crippen LogP contribution in [-0.2, 0) is 0 Å². The van der Waals surface area contributed by atoms with Crippen LogP contribution in [0.25, 0.3) is 5.65 Å². The van der Waals surface area contributed by atoms with E-state index in [4.69, 9.17) is 4.98 Å². The van der Waals surface area contributed by atoms with Crippen molar-refractivity contribution in [3.63, 3.8) is 0 Å². The van der Waals surface area contributed by atoms with Gasteiger partial charge in [-0.3, -0.25) is 0 Å². The molecule has 138 valence electrons. The lowest BCUT2D eigenvalue weighted by molar-refractivity contribution is 0.325. The molecule has 1 aliphatic carbocycles. The van der Waals surface area contributed by atoms with E-state index < -0.39 is 0 Å². The molecule has 2 aromatic heterocycles. The highest BCUT2D eigenvalue weighted by Crippen LogP contribution is 2.38. The van der Waals surface area contributed by atoms with Crippen LogP contribution < -0.4 is 10.2 Å². The van der Waals surface area contributed by atoms with Crippen LogP contribution in [0.5, 0.6) is 0 Å². The van der Waals surface area contributed by atoms with E-state index in [1.807, 2.05) is 16.9 Å². The van der Waals surface area contributed by atoms with Gasteiger partial charge in [0.25, 0.3) is 0 Å². The van der Waals surface area contributed by atoms with Gasteiger partial charge in [0.05, 0.1) is 10.7 Å². The Morgan fingerprint density at radius 1 is 1.35 bits per heavy atom. The summed E-state index contributed by atoms with van der Waals surface area (Å²) >= 11 is 3.63. The number of likely N-dealkylation sites (N-methyl/N-ethyl adjacent to an activating group) is 1. The number of nitrogens with zero attached hydrogens (tertiary/aromatic N) is 4. The van der Waals surface area contributed by atoms with Crippen LogP contribution in [-0.4, -0.2) is 34.7 Å². The molecule has 0 amide bonds. The molecular weight excluding hydrogens is 390 g/mol. The topological polar surface area (TPSA) is 45.5 Å². The first-order valence-electron chi connectivity index (χ1n) is 9.47. The molecule has 5 nitrogen and oxygen atoms in total. The largest absolute Gasteiger partial charge is 0.387 e. The fourth-order valence-electron chi connectivity index (χ4n) is 4.15. The quantitative estimate of drug-likeness (QED) is 0.809. The first-order valence-corrected chi connectivity index (χ1v) is 10.3. The lowest BCUT2D eigenvalue weighted by atomic mass is 9.78.